The van der Waals surface area contributed by atoms with Crippen molar-refractivity contribution >= 4 is 5.78 Å². The molecule has 1 heterocycles. The van der Waals surface area contributed by atoms with Crippen LogP contribution >= 0.6 is 0 Å². The van der Waals surface area contributed by atoms with E-state index < -0.39 is 0 Å². The summed E-state index contributed by atoms with van der Waals surface area (Å²) in [5.41, 5.74) is 0.826. The van der Waals surface area contributed by atoms with Crippen molar-refractivity contribution in [3.05, 3.63) is 23.8 Å². The molecule has 0 spiro atoms. The zero-order valence-electron chi connectivity index (χ0n) is 9.82. The average molecular weight is 206 g/mol. The van der Waals surface area contributed by atoms with Gasteiger partial charge in [-0.3, -0.25) is 4.79 Å². The van der Waals surface area contributed by atoms with Gasteiger partial charge < -0.3 is 0 Å². The molecule has 1 aromatic heterocycles. The number of ketones is 1. The number of nitrogens with zero attached hydrogens (tertiary/aromatic N) is 2. The number of carbonyl (C=O) groups is 1. The SMILES string of the molecule is CC(C)C(=O)Cc1ccnc(C(C)C)n1. The molecule has 0 bridgehead atoms. The van der Waals surface area contributed by atoms with Gasteiger partial charge in [-0.1, -0.05) is 27.7 Å². The van der Waals surface area contributed by atoms with E-state index in [1.807, 2.05) is 33.8 Å². The van der Waals surface area contributed by atoms with Gasteiger partial charge in [0, 0.05) is 24.5 Å². The summed E-state index contributed by atoms with van der Waals surface area (Å²) in [6.07, 6.45) is 2.14. The molecule has 3 heteroatoms. The third-order valence-corrected chi connectivity index (χ3v) is 2.25. The largest absolute Gasteiger partial charge is 0.299 e. The van der Waals surface area contributed by atoms with Crippen LogP contribution in [0.15, 0.2) is 12.3 Å². The lowest BCUT2D eigenvalue weighted by Crippen LogP contribution is -2.12. The molecule has 3 nitrogen and oxygen atoms in total. The Bertz CT molecular complexity index is 345. The Morgan fingerprint density at radius 3 is 2.53 bits per heavy atom. The maximum absolute atomic E-state index is 11.5. The maximum Gasteiger partial charge on any atom is 0.141 e. The van der Waals surface area contributed by atoms with Gasteiger partial charge in [-0.05, 0) is 6.07 Å². The molecule has 0 radical (unpaired) electrons. The monoisotopic (exact) mass is 206 g/mol. The highest BCUT2D eigenvalue weighted by Gasteiger charge is 2.10. The van der Waals surface area contributed by atoms with Gasteiger partial charge in [0.05, 0.1) is 5.69 Å². The normalized spacial score (nSPS) is 11.1. The average Bonchev–Trinajstić information content (AvgIpc) is 2.18. The first-order chi connectivity index (χ1) is 7.00. The summed E-state index contributed by atoms with van der Waals surface area (Å²) < 4.78 is 0. The standard InChI is InChI=1S/C12H18N2O/c1-8(2)11(15)7-10-5-6-13-12(14-10)9(3)4/h5-6,8-9H,7H2,1-4H3. The van der Waals surface area contributed by atoms with Crippen LogP contribution < -0.4 is 0 Å². The fourth-order valence-corrected chi connectivity index (χ4v) is 1.17. The lowest BCUT2D eigenvalue weighted by atomic mass is 10.0. The van der Waals surface area contributed by atoms with Crippen LogP contribution in [0.5, 0.6) is 0 Å². The fraction of sp³-hybridized carbons (Fsp3) is 0.583. The van der Waals surface area contributed by atoms with Crippen molar-refractivity contribution in [2.45, 2.75) is 40.0 Å². The van der Waals surface area contributed by atoms with Gasteiger partial charge >= 0.3 is 0 Å². The van der Waals surface area contributed by atoms with Crippen molar-refractivity contribution in [1.82, 2.24) is 9.97 Å². The Morgan fingerprint density at radius 1 is 1.33 bits per heavy atom. The van der Waals surface area contributed by atoms with Crippen LogP contribution in [-0.4, -0.2) is 15.8 Å². The van der Waals surface area contributed by atoms with Crippen LogP contribution in [0.25, 0.3) is 0 Å². The Kier molecular flexibility index (Phi) is 3.95. The van der Waals surface area contributed by atoms with E-state index in [-0.39, 0.29) is 11.7 Å². The first kappa shape index (κ1) is 11.8. The number of rotatable bonds is 4. The number of hydrogen-bond donors (Lipinski definition) is 0. The van der Waals surface area contributed by atoms with Gasteiger partial charge in [0.2, 0.25) is 0 Å². The predicted octanol–water partition coefficient (Wildman–Crippen LogP) is 2.37. The first-order valence-electron chi connectivity index (χ1n) is 5.35. The highest BCUT2D eigenvalue weighted by molar-refractivity contribution is 5.82. The second-order valence-electron chi connectivity index (χ2n) is 4.36. The van der Waals surface area contributed by atoms with Gasteiger partial charge in [0.25, 0.3) is 0 Å². The highest BCUT2D eigenvalue weighted by atomic mass is 16.1. The molecule has 0 N–H and O–H groups in total. The van der Waals surface area contributed by atoms with Gasteiger partial charge in [-0.2, -0.15) is 0 Å². The fourth-order valence-electron chi connectivity index (χ4n) is 1.17. The summed E-state index contributed by atoms with van der Waals surface area (Å²) in [6.45, 7) is 7.91. The Morgan fingerprint density at radius 2 is 2.00 bits per heavy atom. The topological polar surface area (TPSA) is 42.9 Å². The van der Waals surface area contributed by atoms with Crippen LogP contribution in [0.4, 0.5) is 0 Å². The van der Waals surface area contributed by atoms with Crippen LogP contribution in [0.2, 0.25) is 0 Å². The van der Waals surface area contributed by atoms with Crippen LogP contribution in [0.1, 0.15) is 45.1 Å². The van der Waals surface area contributed by atoms with Crippen molar-refractivity contribution in [3.8, 4) is 0 Å². The summed E-state index contributed by atoms with van der Waals surface area (Å²) in [5, 5.41) is 0. The number of aromatic nitrogens is 2. The Balaban J connectivity index is 2.78. The Labute approximate surface area is 91.0 Å². The van der Waals surface area contributed by atoms with Crippen LogP contribution in [0, 0.1) is 5.92 Å². The molecule has 82 valence electrons. The molecule has 0 fully saturated rings. The van der Waals surface area contributed by atoms with Crippen molar-refractivity contribution in [3.63, 3.8) is 0 Å². The molecule has 0 aliphatic rings. The van der Waals surface area contributed by atoms with Crippen molar-refractivity contribution in [1.29, 1.82) is 0 Å². The molecule has 0 saturated heterocycles. The summed E-state index contributed by atoms with van der Waals surface area (Å²) in [6, 6.07) is 1.81. The molecule has 0 amide bonds. The molecule has 0 saturated carbocycles. The van der Waals surface area contributed by atoms with Gasteiger partial charge in [-0.25, -0.2) is 9.97 Å². The second kappa shape index (κ2) is 5.01. The lowest BCUT2D eigenvalue weighted by Gasteiger charge is -2.06. The smallest absolute Gasteiger partial charge is 0.141 e. The van der Waals surface area contributed by atoms with E-state index in [1.54, 1.807) is 6.20 Å². The van der Waals surface area contributed by atoms with Gasteiger partial charge in [0.15, 0.2) is 0 Å². The van der Waals surface area contributed by atoms with Crippen LogP contribution in [-0.2, 0) is 11.2 Å². The number of carbonyl (C=O) groups excluding carboxylic acids is 1. The Hall–Kier alpha value is -1.25. The van der Waals surface area contributed by atoms with E-state index in [1.165, 1.54) is 0 Å². The van der Waals surface area contributed by atoms with Gasteiger partial charge in [-0.15, -0.1) is 0 Å². The summed E-state index contributed by atoms with van der Waals surface area (Å²) in [5.74, 6) is 1.41. The highest BCUT2D eigenvalue weighted by Crippen LogP contribution is 2.09. The number of Topliss-reactive ketones (excluding diaryl/α,β-unsaturated/α-hetero) is 1. The maximum atomic E-state index is 11.5. The molecule has 0 aromatic carbocycles. The minimum absolute atomic E-state index is 0.0717. The van der Waals surface area contributed by atoms with E-state index in [4.69, 9.17) is 0 Å². The lowest BCUT2D eigenvalue weighted by molar-refractivity contribution is -0.121. The van der Waals surface area contributed by atoms with E-state index >= 15 is 0 Å². The van der Waals surface area contributed by atoms with E-state index in [2.05, 4.69) is 9.97 Å². The molecule has 1 rings (SSSR count). The van der Waals surface area contributed by atoms with Crippen molar-refractivity contribution in [2.75, 3.05) is 0 Å². The third kappa shape index (κ3) is 3.42. The van der Waals surface area contributed by atoms with Crippen molar-refractivity contribution in [2.24, 2.45) is 5.92 Å². The molecular formula is C12H18N2O. The zero-order chi connectivity index (χ0) is 11.4. The second-order valence-corrected chi connectivity index (χ2v) is 4.36. The van der Waals surface area contributed by atoms with E-state index in [0.717, 1.165) is 11.5 Å². The number of hydrogen-bond acceptors (Lipinski definition) is 3. The molecule has 0 atom stereocenters. The summed E-state index contributed by atoms with van der Waals surface area (Å²) in [4.78, 5) is 20.1. The molecule has 0 aliphatic heterocycles. The van der Waals surface area contributed by atoms with Crippen LogP contribution in [0.3, 0.4) is 0 Å². The zero-order valence-corrected chi connectivity index (χ0v) is 9.82. The minimum atomic E-state index is 0.0717. The first-order valence-corrected chi connectivity index (χ1v) is 5.35. The minimum Gasteiger partial charge on any atom is -0.299 e. The molecule has 0 unspecified atom stereocenters. The van der Waals surface area contributed by atoms with Crippen molar-refractivity contribution < 1.29 is 4.79 Å². The van der Waals surface area contributed by atoms with E-state index in [9.17, 15) is 4.79 Å². The third-order valence-electron chi connectivity index (χ3n) is 2.25. The molecule has 15 heavy (non-hydrogen) atoms. The quantitative estimate of drug-likeness (QED) is 0.759. The molecule has 1 aromatic rings. The predicted molar refractivity (Wildman–Crippen MR) is 59.7 cm³/mol. The molecule has 0 aliphatic carbocycles. The van der Waals surface area contributed by atoms with E-state index in [0.29, 0.717) is 12.3 Å². The summed E-state index contributed by atoms with van der Waals surface area (Å²) in [7, 11) is 0. The summed E-state index contributed by atoms with van der Waals surface area (Å²) >= 11 is 0. The van der Waals surface area contributed by atoms with Gasteiger partial charge in [0.1, 0.15) is 11.6 Å². The molecular weight excluding hydrogens is 188 g/mol.